The van der Waals surface area contributed by atoms with Gasteiger partial charge in [0.15, 0.2) is 0 Å². The van der Waals surface area contributed by atoms with Crippen LogP contribution >= 0.6 is 0 Å². The van der Waals surface area contributed by atoms with Crippen LogP contribution in [0.5, 0.6) is 0 Å². The highest BCUT2D eigenvalue weighted by atomic mass is 15.2. The smallest absolute Gasteiger partial charge is 0.0638 e. The monoisotopic (exact) mass is 223 g/mol. The molecule has 1 aliphatic heterocycles. The standard InChI is InChI=1S/C13H25N3/c1-12(4-8-14)16-10-6-13(7-11-16)5-9-15(2)3/h12-13H,4-7,9-11H2,1-3H3/t12-/m1/s1. The quantitative estimate of drug-likeness (QED) is 0.713. The lowest BCUT2D eigenvalue weighted by molar-refractivity contribution is 0.135. The molecule has 0 unspecified atom stereocenters. The third kappa shape index (κ3) is 4.51. The van der Waals surface area contributed by atoms with Crippen molar-refractivity contribution in [2.75, 3.05) is 33.7 Å². The molecule has 1 fully saturated rings. The van der Waals surface area contributed by atoms with Gasteiger partial charge in [0.2, 0.25) is 0 Å². The number of hydrogen-bond donors (Lipinski definition) is 0. The van der Waals surface area contributed by atoms with Gasteiger partial charge >= 0.3 is 0 Å². The van der Waals surface area contributed by atoms with E-state index < -0.39 is 0 Å². The van der Waals surface area contributed by atoms with Crippen molar-refractivity contribution < 1.29 is 0 Å². The summed E-state index contributed by atoms with van der Waals surface area (Å²) in [6.07, 6.45) is 4.61. The van der Waals surface area contributed by atoms with Crippen LogP contribution < -0.4 is 0 Å². The van der Waals surface area contributed by atoms with Gasteiger partial charge in [0, 0.05) is 6.04 Å². The van der Waals surface area contributed by atoms with Gasteiger partial charge in [-0.15, -0.1) is 0 Å². The van der Waals surface area contributed by atoms with Crippen LogP contribution in [0.25, 0.3) is 0 Å². The van der Waals surface area contributed by atoms with Crippen LogP contribution in [-0.2, 0) is 0 Å². The van der Waals surface area contributed by atoms with Gasteiger partial charge in [-0.05, 0) is 65.8 Å². The Bertz CT molecular complexity index is 224. The summed E-state index contributed by atoms with van der Waals surface area (Å²) in [5.74, 6) is 0.896. The predicted octanol–water partition coefficient (Wildman–Crippen LogP) is 1.95. The van der Waals surface area contributed by atoms with Gasteiger partial charge in [-0.3, -0.25) is 4.90 Å². The summed E-state index contributed by atoms with van der Waals surface area (Å²) >= 11 is 0. The van der Waals surface area contributed by atoms with Gasteiger partial charge in [0.25, 0.3) is 0 Å². The molecule has 92 valence electrons. The highest BCUT2D eigenvalue weighted by molar-refractivity contribution is 4.83. The van der Waals surface area contributed by atoms with Crippen molar-refractivity contribution in [2.24, 2.45) is 5.92 Å². The number of likely N-dealkylation sites (tertiary alicyclic amines) is 1. The van der Waals surface area contributed by atoms with Crippen LogP contribution in [-0.4, -0.2) is 49.6 Å². The first-order valence-electron chi connectivity index (χ1n) is 6.39. The van der Waals surface area contributed by atoms with E-state index in [9.17, 15) is 0 Å². The van der Waals surface area contributed by atoms with E-state index in [-0.39, 0.29) is 0 Å². The molecule has 3 heteroatoms. The molecule has 0 spiro atoms. The summed E-state index contributed by atoms with van der Waals surface area (Å²) in [6, 6.07) is 2.71. The van der Waals surface area contributed by atoms with E-state index in [1.807, 2.05) is 0 Å². The molecule has 0 saturated carbocycles. The Labute approximate surface area is 100 Å². The number of nitrogens with zero attached hydrogens (tertiary/aromatic N) is 3. The highest BCUT2D eigenvalue weighted by Crippen LogP contribution is 2.22. The molecule has 3 nitrogen and oxygen atoms in total. The lowest BCUT2D eigenvalue weighted by Crippen LogP contribution is -2.40. The molecule has 0 aliphatic carbocycles. The minimum atomic E-state index is 0.444. The van der Waals surface area contributed by atoms with E-state index in [1.54, 1.807) is 0 Å². The number of nitriles is 1. The Hall–Kier alpha value is -0.590. The molecule has 0 aromatic rings. The molecule has 1 atom stereocenters. The molecule has 0 amide bonds. The Morgan fingerprint density at radius 2 is 2.00 bits per heavy atom. The van der Waals surface area contributed by atoms with Crippen LogP contribution in [0.15, 0.2) is 0 Å². The third-order valence-electron chi connectivity index (χ3n) is 3.64. The van der Waals surface area contributed by atoms with Crippen molar-refractivity contribution in [2.45, 2.75) is 38.6 Å². The Morgan fingerprint density at radius 3 is 2.50 bits per heavy atom. The van der Waals surface area contributed by atoms with Gasteiger partial charge in [-0.2, -0.15) is 5.26 Å². The maximum absolute atomic E-state index is 8.68. The summed E-state index contributed by atoms with van der Waals surface area (Å²) in [5.41, 5.74) is 0. The fraction of sp³-hybridized carbons (Fsp3) is 0.923. The van der Waals surface area contributed by atoms with Crippen molar-refractivity contribution in [3.05, 3.63) is 0 Å². The highest BCUT2D eigenvalue weighted by Gasteiger charge is 2.22. The van der Waals surface area contributed by atoms with Gasteiger partial charge in [0.05, 0.1) is 12.5 Å². The number of hydrogen-bond acceptors (Lipinski definition) is 3. The van der Waals surface area contributed by atoms with Crippen molar-refractivity contribution >= 4 is 0 Å². The van der Waals surface area contributed by atoms with Gasteiger partial charge in [0.1, 0.15) is 0 Å². The molecule has 1 aliphatic rings. The summed E-state index contributed by atoms with van der Waals surface area (Å²) in [5, 5.41) is 8.68. The Morgan fingerprint density at radius 1 is 1.38 bits per heavy atom. The van der Waals surface area contributed by atoms with E-state index >= 15 is 0 Å². The molecular formula is C13H25N3. The van der Waals surface area contributed by atoms with Crippen molar-refractivity contribution in [3.8, 4) is 6.07 Å². The number of piperidine rings is 1. The van der Waals surface area contributed by atoms with E-state index in [0.717, 1.165) is 5.92 Å². The van der Waals surface area contributed by atoms with Crippen LogP contribution in [0.4, 0.5) is 0 Å². The second kappa shape index (κ2) is 6.88. The van der Waals surface area contributed by atoms with E-state index in [1.165, 1.54) is 38.9 Å². The molecule has 1 saturated heterocycles. The van der Waals surface area contributed by atoms with Crippen molar-refractivity contribution in [1.82, 2.24) is 9.80 Å². The zero-order chi connectivity index (χ0) is 12.0. The zero-order valence-electron chi connectivity index (χ0n) is 10.9. The largest absolute Gasteiger partial charge is 0.309 e. The minimum Gasteiger partial charge on any atom is -0.309 e. The van der Waals surface area contributed by atoms with Crippen LogP contribution in [0.2, 0.25) is 0 Å². The second-order valence-electron chi connectivity index (χ2n) is 5.28. The normalized spacial score (nSPS) is 20.9. The Kier molecular flexibility index (Phi) is 5.79. The molecule has 0 aromatic carbocycles. The SMILES string of the molecule is C[C@H](CC#N)N1CCC(CCN(C)C)CC1. The topological polar surface area (TPSA) is 30.3 Å². The molecule has 16 heavy (non-hydrogen) atoms. The number of rotatable bonds is 5. The molecule has 0 bridgehead atoms. The summed E-state index contributed by atoms with van der Waals surface area (Å²) in [7, 11) is 4.29. The molecule has 0 radical (unpaired) electrons. The summed E-state index contributed by atoms with van der Waals surface area (Å²) < 4.78 is 0. The summed E-state index contributed by atoms with van der Waals surface area (Å²) in [6.45, 7) is 5.74. The first-order chi connectivity index (χ1) is 7.63. The molecular weight excluding hydrogens is 198 g/mol. The average molecular weight is 223 g/mol. The van der Waals surface area contributed by atoms with Crippen LogP contribution in [0.1, 0.15) is 32.6 Å². The fourth-order valence-corrected chi connectivity index (χ4v) is 2.38. The van der Waals surface area contributed by atoms with Gasteiger partial charge in [-0.25, -0.2) is 0 Å². The van der Waals surface area contributed by atoms with Crippen LogP contribution in [0, 0.1) is 17.2 Å². The maximum atomic E-state index is 8.68. The molecule has 0 N–H and O–H groups in total. The van der Waals surface area contributed by atoms with Crippen molar-refractivity contribution in [3.63, 3.8) is 0 Å². The first-order valence-corrected chi connectivity index (χ1v) is 6.39. The third-order valence-corrected chi connectivity index (χ3v) is 3.64. The Balaban J connectivity index is 2.21. The zero-order valence-corrected chi connectivity index (χ0v) is 10.9. The average Bonchev–Trinajstić information content (AvgIpc) is 2.27. The fourth-order valence-electron chi connectivity index (χ4n) is 2.38. The maximum Gasteiger partial charge on any atom is 0.0638 e. The van der Waals surface area contributed by atoms with Gasteiger partial charge in [-0.1, -0.05) is 0 Å². The molecule has 0 aromatic heterocycles. The molecule has 1 rings (SSSR count). The predicted molar refractivity (Wildman–Crippen MR) is 67.2 cm³/mol. The first kappa shape index (κ1) is 13.5. The lowest BCUT2D eigenvalue weighted by Gasteiger charge is -2.35. The van der Waals surface area contributed by atoms with Crippen molar-refractivity contribution in [1.29, 1.82) is 5.26 Å². The second-order valence-corrected chi connectivity index (χ2v) is 5.28. The van der Waals surface area contributed by atoms with Crippen LogP contribution in [0.3, 0.4) is 0 Å². The van der Waals surface area contributed by atoms with Gasteiger partial charge < -0.3 is 4.90 Å². The molecule has 1 heterocycles. The van der Waals surface area contributed by atoms with E-state index in [4.69, 9.17) is 5.26 Å². The minimum absolute atomic E-state index is 0.444. The summed E-state index contributed by atoms with van der Waals surface area (Å²) in [4.78, 5) is 4.74. The van der Waals surface area contributed by atoms with E-state index in [2.05, 4.69) is 36.9 Å². The van der Waals surface area contributed by atoms with E-state index in [0.29, 0.717) is 12.5 Å². The lowest BCUT2D eigenvalue weighted by atomic mass is 9.92.